The van der Waals surface area contributed by atoms with Crippen molar-refractivity contribution in [3.63, 3.8) is 0 Å². The monoisotopic (exact) mass is 276 g/mol. The summed E-state index contributed by atoms with van der Waals surface area (Å²) in [5.74, 6) is 5.22. The number of amides is 1. The molecule has 1 heterocycles. The summed E-state index contributed by atoms with van der Waals surface area (Å²) in [5, 5.41) is 0. The molecule has 1 aliphatic rings. The molecule has 1 fully saturated rings. The van der Waals surface area contributed by atoms with Gasteiger partial charge >= 0.3 is 0 Å². The van der Waals surface area contributed by atoms with Crippen molar-refractivity contribution in [1.82, 2.24) is 15.2 Å². The van der Waals surface area contributed by atoms with Crippen LogP contribution in [0.2, 0.25) is 0 Å². The average Bonchev–Trinajstić information content (AvgIpc) is 2.50. The van der Waals surface area contributed by atoms with Crippen molar-refractivity contribution in [3.05, 3.63) is 35.9 Å². The number of nitrogens with one attached hydrogen (secondary N) is 1. The van der Waals surface area contributed by atoms with Crippen LogP contribution < -0.4 is 11.3 Å². The van der Waals surface area contributed by atoms with Crippen LogP contribution in [0.3, 0.4) is 0 Å². The van der Waals surface area contributed by atoms with Crippen molar-refractivity contribution in [2.75, 3.05) is 32.7 Å². The van der Waals surface area contributed by atoms with E-state index in [1.807, 2.05) is 30.3 Å². The summed E-state index contributed by atoms with van der Waals surface area (Å²) in [6.07, 6.45) is 1.17. The fourth-order valence-electron chi connectivity index (χ4n) is 2.80. The molecule has 1 amide bonds. The largest absolute Gasteiger partial charge is 0.301 e. The predicted octanol–water partition coefficient (Wildman–Crippen LogP) is 0.745. The Kier molecular flexibility index (Phi) is 5.52. The molecule has 1 saturated heterocycles. The molecule has 0 saturated carbocycles. The van der Waals surface area contributed by atoms with Crippen molar-refractivity contribution in [2.24, 2.45) is 5.84 Å². The number of carbonyl (C=O) groups excluding carboxylic acids is 1. The Morgan fingerprint density at radius 2 is 1.90 bits per heavy atom. The van der Waals surface area contributed by atoms with Crippen molar-refractivity contribution in [2.45, 2.75) is 19.4 Å². The molecule has 0 spiro atoms. The maximum absolute atomic E-state index is 12.1. The summed E-state index contributed by atoms with van der Waals surface area (Å²) < 4.78 is 0. The zero-order valence-corrected chi connectivity index (χ0v) is 12.1. The lowest BCUT2D eigenvalue weighted by molar-refractivity contribution is -0.127. The first kappa shape index (κ1) is 15.0. The van der Waals surface area contributed by atoms with Gasteiger partial charge in [-0.1, -0.05) is 37.3 Å². The van der Waals surface area contributed by atoms with Gasteiger partial charge in [-0.05, 0) is 18.5 Å². The number of hydrogen-bond donors (Lipinski definition) is 2. The summed E-state index contributed by atoms with van der Waals surface area (Å²) >= 11 is 0. The number of nitrogens with zero attached hydrogens (tertiary/aromatic N) is 2. The van der Waals surface area contributed by atoms with E-state index in [2.05, 4.69) is 22.1 Å². The van der Waals surface area contributed by atoms with Crippen LogP contribution in [0.1, 0.15) is 24.9 Å². The first-order chi connectivity index (χ1) is 9.76. The lowest BCUT2D eigenvalue weighted by Crippen LogP contribution is -2.51. The molecule has 20 heavy (non-hydrogen) atoms. The van der Waals surface area contributed by atoms with Gasteiger partial charge in [0.05, 0.1) is 0 Å². The van der Waals surface area contributed by atoms with Crippen LogP contribution in [-0.2, 0) is 4.79 Å². The van der Waals surface area contributed by atoms with Crippen LogP contribution in [0, 0.1) is 0 Å². The highest BCUT2D eigenvalue weighted by molar-refractivity contribution is 5.82. The minimum absolute atomic E-state index is 0.139. The Labute approximate surface area is 120 Å². The molecule has 110 valence electrons. The molecule has 5 heteroatoms. The smallest absolute Gasteiger partial charge is 0.255 e. The molecule has 5 nitrogen and oxygen atoms in total. The summed E-state index contributed by atoms with van der Waals surface area (Å²) in [6.45, 7) is 7.14. The Morgan fingerprint density at radius 3 is 2.45 bits per heavy atom. The van der Waals surface area contributed by atoms with Gasteiger partial charge in [0.25, 0.3) is 5.91 Å². The molecule has 0 radical (unpaired) electrons. The summed E-state index contributed by atoms with van der Waals surface area (Å²) in [6, 6.07) is 9.56. The quantitative estimate of drug-likeness (QED) is 0.473. The van der Waals surface area contributed by atoms with E-state index < -0.39 is 0 Å². The number of hydrogen-bond acceptors (Lipinski definition) is 4. The molecule has 0 aliphatic carbocycles. The maximum Gasteiger partial charge on any atom is 0.255 e. The number of carbonyl (C=O) groups is 1. The summed E-state index contributed by atoms with van der Waals surface area (Å²) in [5.41, 5.74) is 3.30. The van der Waals surface area contributed by atoms with Gasteiger partial charge in [0.1, 0.15) is 6.04 Å². The fourth-order valence-corrected chi connectivity index (χ4v) is 2.80. The van der Waals surface area contributed by atoms with Crippen LogP contribution in [0.15, 0.2) is 30.3 Å². The first-order valence-corrected chi connectivity index (χ1v) is 7.28. The zero-order chi connectivity index (χ0) is 14.4. The van der Waals surface area contributed by atoms with Gasteiger partial charge in [-0.2, -0.15) is 0 Å². The second-order valence-electron chi connectivity index (χ2n) is 5.20. The Morgan fingerprint density at radius 1 is 1.25 bits per heavy atom. The fraction of sp³-hybridized carbons (Fsp3) is 0.533. The standard InChI is InChI=1S/C15H24N4O/c1-2-8-18-9-11-19(12-10-18)14(15(20)17-16)13-6-4-3-5-7-13/h3-7,14H,2,8-12,16H2,1H3,(H,17,20). The third kappa shape index (κ3) is 3.56. The number of benzene rings is 1. The number of nitrogens with two attached hydrogens (primary N) is 1. The third-order valence-corrected chi connectivity index (χ3v) is 3.82. The van der Waals surface area contributed by atoms with E-state index in [0.717, 1.165) is 38.3 Å². The van der Waals surface area contributed by atoms with Crippen LogP contribution >= 0.6 is 0 Å². The average molecular weight is 276 g/mol. The molecule has 0 bridgehead atoms. The Hall–Kier alpha value is -1.43. The second-order valence-corrected chi connectivity index (χ2v) is 5.20. The number of hydrazine groups is 1. The van der Waals surface area contributed by atoms with Gasteiger partial charge in [0.2, 0.25) is 0 Å². The highest BCUT2D eigenvalue weighted by Gasteiger charge is 2.29. The Balaban J connectivity index is 2.07. The highest BCUT2D eigenvalue weighted by Crippen LogP contribution is 2.22. The molecule has 1 aromatic rings. The van der Waals surface area contributed by atoms with Crippen molar-refractivity contribution in [3.8, 4) is 0 Å². The van der Waals surface area contributed by atoms with Gasteiger partial charge < -0.3 is 4.90 Å². The SMILES string of the molecule is CCCN1CCN(C(C(=O)NN)c2ccccc2)CC1. The Bertz CT molecular complexity index is 415. The third-order valence-electron chi connectivity index (χ3n) is 3.82. The highest BCUT2D eigenvalue weighted by atomic mass is 16.2. The number of rotatable bonds is 5. The van der Waals surface area contributed by atoms with E-state index in [9.17, 15) is 4.79 Å². The van der Waals surface area contributed by atoms with Crippen LogP contribution in [0.25, 0.3) is 0 Å². The normalized spacial score (nSPS) is 18.7. The van der Waals surface area contributed by atoms with E-state index in [4.69, 9.17) is 5.84 Å². The molecule has 3 N–H and O–H groups in total. The van der Waals surface area contributed by atoms with Crippen molar-refractivity contribution in [1.29, 1.82) is 0 Å². The molecular formula is C15H24N4O. The zero-order valence-electron chi connectivity index (χ0n) is 12.1. The van der Waals surface area contributed by atoms with Gasteiger partial charge in [-0.15, -0.1) is 0 Å². The molecule has 2 rings (SSSR count). The lowest BCUT2D eigenvalue weighted by Gasteiger charge is -2.38. The lowest BCUT2D eigenvalue weighted by atomic mass is 10.0. The topological polar surface area (TPSA) is 61.6 Å². The summed E-state index contributed by atoms with van der Waals surface area (Å²) in [4.78, 5) is 16.8. The minimum atomic E-state index is -0.287. The first-order valence-electron chi connectivity index (χ1n) is 7.28. The predicted molar refractivity (Wildman–Crippen MR) is 79.8 cm³/mol. The number of piperazine rings is 1. The van der Waals surface area contributed by atoms with E-state index in [1.54, 1.807) is 0 Å². The molecule has 1 aromatic carbocycles. The molecular weight excluding hydrogens is 252 g/mol. The molecule has 1 aliphatic heterocycles. The van der Waals surface area contributed by atoms with Crippen molar-refractivity contribution < 1.29 is 4.79 Å². The van der Waals surface area contributed by atoms with Crippen LogP contribution in [0.4, 0.5) is 0 Å². The second kappa shape index (κ2) is 7.38. The van der Waals surface area contributed by atoms with E-state index in [0.29, 0.717) is 0 Å². The molecule has 1 unspecified atom stereocenters. The molecule has 1 atom stereocenters. The van der Waals surface area contributed by atoms with Gasteiger partial charge in [0.15, 0.2) is 0 Å². The van der Waals surface area contributed by atoms with Crippen LogP contribution in [0.5, 0.6) is 0 Å². The van der Waals surface area contributed by atoms with Gasteiger partial charge in [0, 0.05) is 26.2 Å². The molecule has 0 aromatic heterocycles. The summed E-state index contributed by atoms with van der Waals surface area (Å²) in [7, 11) is 0. The van der Waals surface area contributed by atoms with E-state index in [-0.39, 0.29) is 11.9 Å². The van der Waals surface area contributed by atoms with E-state index in [1.165, 1.54) is 6.42 Å². The van der Waals surface area contributed by atoms with Crippen LogP contribution in [-0.4, -0.2) is 48.4 Å². The van der Waals surface area contributed by atoms with Gasteiger partial charge in [-0.25, -0.2) is 5.84 Å². The minimum Gasteiger partial charge on any atom is -0.301 e. The van der Waals surface area contributed by atoms with E-state index >= 15 is 0 Å². The maximum atomic E-state index is 12.1. The van der Waals surface area contributed by atoms with Gasteiger partial charge in [-0.3, -0.25) is 15.1 Å². The van der Waals surface area contributed by atoms with Crippen molar-refractivity contribution >= 4 is 5.91 Å².